The summed E-state index contributed by atoms with van der Waals surface area (Å²) in [7, 11) is 0. The molecule has 0 bridgehead atoms. The first-order valence-electron chi connectivity index (χ1n) is 4.50. The molecular formula is C12H14O2. The average molecular weight is 190 g/mol. The fourth-order valence-corrected chi connectivity index (χ4v) is 1.26. The van der Waals surface area contributed by atoms with Gasteiger partial charge in [-0.05, 0) is 31.9 Å². The molecular weight excluding hydrogens is 176 g/mol. The Morgan fingerprint density at radius 2 is 1.93 bits per heavy atom. The normalized spacial score (nSPS) is 12.2. The molecule has 74 valence electrons. The number of benzene rings is 1. The molecule has 0 unspecified atom stereocenters. The van der Waals surface area contributed by atoms with Gasteiger partial charge in [0.05, 0.1) is 0 Å². The van der Waals surface area contributed by atoms with E-state index in [4.69, 9.17) is 5.11 Å². The first kappa shape index (κ1) is 10.5. The van der Waals surface area contributed by atoms with Crippen molar-refractivity contribution < 1.29 is 9.90 Å². The van der Waals surface area contributed by atoms with Crippen molar-refractivity contribution in [3.05, 3.63) is 41.0 Å². The van der Waals surface area contributed by atoms with Crippen LogP contribution in [-0.4, -0.2) is 11.1 Å². The van der Waals surface area contributed by atoms with Crippen molar-refractivity contribution in [2.75, 3.05) is 0 Å². The fraction of sp³-hybridized carbons (Fsp3) is 0.250. The number of carbonyl (C=O) groups is 1. The molecule has 0 amide bonds. The molecule has 14 heavy (non-hydrogen) atoms. The Labute approximate surface area is 83.9 Å². The molecule has 0 fully saturated rings. The van der Waals surface area contributed by atoms with E-state index in [1.165, 1.54) is 0 Å². The molecule has 0 atom stereocenters. The van der Waals surface area contributed by atoms with Crippen LogP contribution in [0.5, 0.6) is 0 Å². The number of carboxylic acid groups (broad SMARTS) is 1. The van der Waals surface area contributed by atoms with E-state index in [0.29, 0.717) is 5.57 Å². The largest absolute Gasteiger partial charge is 0.478 e. The third-order valence-corrected chi connectivity index (χ3v) is 2.33. The Morgan fingerprint density at radius 1 is 1.29 bits per heavy atom. The lowest BCUT2D eigenvalue weighted by atomic mass is 10.0. The highest BCUT2D eigenvalue weighted by Crippen LogP contribution is 2.18. The highest BCUT2D eigenvalue weighted by molar-refractivity contribution is 5.95. The van der Waals surface area contributed by atoms with Crippen molar-refractivity contribution in [1.82, 2.24) is 0 Å². The molecule has 0 aliphatic heterocycles. The van der Waals surface area contributed by atoms with Gasteiger partial charge < -0.3 is 5.11 Å². The summed E-state index contributed by atoms with van der Waals surface area (Å²) in [5.41, 5.74) is 3.33. The first-order valence-corrected chi connectivity index (χ1v) is 4.50. The Hall–Kier alpha value is -1.57. The molecule has 0 aliphatic rings. The summed E-state index contributed by atoms with van der Waals surface area (Å²) in [6, 6.07) is 7.84. The minimum atomic E-state index is -0.857. The SMILES string of the molecule is CC(C(=O)O)=C(C)c1cccc(C)c1. The summed E-state index contributed by atoms with van der Waals surface area (Å²) < 4.78 is 0. The molecule has 1 rings (SSSR count). The maximum Gasteiger partial charge on any atom is 0.331 e. The summed E-state index contributed by atoms with van der Waals surface area (Å²) in [6.45, 7) is 5.45. The van der Waals surface area contributed by atoms with Gasteiger partial charge in [0.15, 0.2) is 0 Å². The molecule has 2 nitrogen and oxygen atoms in total. The van der Waals surface area contributed by atoms with Crippen molar-refractivity contribution >= 4 is 11.5 Å². The minimum absolute atomic E-state index is 0.399. The zero-order valence-electron chi connectivity index (χ0n) is 8.66. The maximum absolute atomic E-state index is 10.7. The molecule has 1 aromatic rings. The maximum atomic E-state index is 10.7. The van der Waals surface area contributed by atoms with Gasteiger partial charge in [-0.15, -0.1) is 0 Å². The van der Waals surface area contributed by atoms with Crippen LogP contribution in [0.25, 0.3) is 5.57 Å². The van der Waals surface area contributed by atoms with E-state index in [-0.39, 0.29) is 0 Å². The predicted molar refractivity (Wildman–Crippen MR) is 57.1 cm³/mol. The highest BCUT2D eigenvalue weighted by atomic mass is 16.4. The fourth-order valence-electron chi connectivity index (χ4n) is 1.26. The second-order valence-corrected chi connectivity index (χ2v) is 3.42. The molecule has 0 radical (unpaired) electrons. The molecule has 0 saturated carbocycles. The second-order valence-electron chi connectivity index (χ2n) is 3.42. The number of carboxylic acids is 1. The van der Waals surface area contributed by atoms with E-state index in [0.717, 1.165) is 16.7 Å². The Morgan fingerprint density at radius 3 is 2.43 bits per heavy atom. The summed E-state index contributed by atoms with van der Waals surface area (Å²) >= 11 is 0. The van der Waals surface area contributed by atoms with Gasteiger partial charge in [-0.2, -0.15) is 0 Å². The average Bonchev–Trinajstić information content (AvgIpc) is 2.15. The van der Waals surface area contributed by atoms with Crippen LogP contribution in [0.4, 0.5) is 0 Å². The molecule has 0 spiro atoms. The summed E-state index contributed by atoms with van der Waals surface area (Å²) in [5.74, 6) is -0.857. The first-order chi connectivity index (χ1) is 6.52. The zero-order chi connectivity index (χ0) is 10.7. The number of aliphatic carboxylic acids is 1. The van der Waals surface area contributed by atoms with Gasteiger partial charge >= 0.3 is 5.97 Å². The summed E-state index contributed by atoms with van der Waals surface area (Å²) in [5, 5.41) is 8.83. The topological polar surface area (TPSA) is 37.3 Å². The number of aryl methyl sites for hydroxylation is 1. The van der Waals surface area contributed by atoms with Crippen molar-refractivity contribution in [1.29, 1.82) is 0 Å². The standard InChI is InChI=1S/C12H14O2/c1-8-5-4-6-11(7-8)9(2)10(3)12(13)14/h4-7H,1-3H3,(H,13,14). The molecule has 1 N–H and O–H groups in total. The summed E-state index contributed by atoms with van der Waals surface area (Å²) in [6.07, 6.45) is 0. The predicted octanol–water partition coefficient (Wildman–Crippen LogP) is 2.87. The van der Waals surface area contributed by atoms with E-state index < -0.39 is 5.97 Å². The van der Waals surface area contributed by atoms with Gasteiger partial charge in [-0.25, -0.2) is 4.79 Å². The minimum Gasteiger partial charge on any atom is -0.478 e. The van der Waals surface area contributed by atoms with Gasteiger partial charge in [0.25, 0.3) is 0 Å². The molecule has 0 aliphatic carbocycles. The van der Waals surface area contributed by atoms with Crippen LogP contribution >= 0.6 is 0 Å². The quantitative estimate of drug-likeness (QED) is 0.728. The van der Waals surface area contributed by atoms with Crippen LogP contribution in [0.15, 0.2) is 29.8 Å². The lowest BCUT2D eigenvalue weighted by molar-refractivity contribution is -0.132. The van der Waals surface area contributed by atoms with Crippen molar-refractivity contribution in [3.8, 4) is 0 Å². The van der Waals surface area contributed by atoms with Gasteiger partial charge in [0, 0.05) is 5.57 Å². The zero-order valence-corrected chi connectivity index (χ0v) is 8.66. The van der Waals surface area contributed by atoms with E-state index in [1.54, 1.807) is 6.92 Å². The Bertz CT molecular complexity index is 389. The van der Waals surface area contributed by atoms with Crippen molar-refractivity contribution in [2.45, 2.75) is 20.8 Å². The molecule has 0 saturated heterocycles. The molecule has 0 heterocycles. The van der Waals surface area contributed by atoms with Crippen LogP contribution < -0.4 is 0 Å². The number of hydrogen-bond acceptors (Lipinski definition) is 1. The smallest absolute Gasteiger partial charge is 0.331 e. The van der Waals surface area contributed by atoms with E-state index in [1.807, 2.05) is 38.1 Å². The number of hydrogen-bond donors (Lipinski definition) is 1. The monoisotopic (exact) mass is 190 g/mol. The highest BCUT2D eigenvalue weighted by Gasteiger charge is 2.06. The number of rotatable bonds is 2. The third-order valence-electron chi connectivity index (χ3n) is 2.33. The van der Waals surface area contributed by atoms with Gasteiger partial charge in [-0.3, -0.25) is 0 Å². The van der Waals surface area contributed by atoms with E-state index in [2.05, 4.69) is 0 Å². The molecule has 0 aromatic heterocycles. The van der Waals surface area contributed by atoms with E-state index >= 15 is 0 Å². The van der Waals surface area contributed by atoms with Crippen LogP contribution in [0.2, 0.25) is 0 Å². The van der Waals surface area contributed by atoms with Crippen LogP contribution in [0.3, 0.4) is 0 Å². The van der Waals surface area contributed by atoms with Crippen LogP contribution in [0.1, 0.15) is 25.0 Å². The number of allylic oxidation sites excluding steroid dienone is 1. The Balaban J connectivity index is 3.18. The van der Waals surface area contributed by atoms with Crippen LogP contribution in [0, 0.1) is 6.92 Å². The molecule has 2 heteroatoms. The third kappa shape index (κ3) is 2.22. The van der Waals surface area contributed by atoms with E-state index in [9.17, 15) is 4.79 Å². The van der Waals surface area contributed by atoms with Gasteiger partial charge in [0.1, 0.15) is 0 Å². The van der Waals surface area contributed by atoms with Crippen molar-refractivity contribution in [2.24, 2.45) is 0 Å². The van der Waals surface area contributed by atoms with Gasteiger partial charge in [-0.1, -0.05) is 29.8 Å². The second kappa shape index (κ2) is 4.09. The van der Waals surface area contributed by atoms with Crippen molar-refractivity contribution in [3.63, 3.8) is 0 Å². The van der Waals surface area contributed by atoms with Crippen LogP contribution in [-0.2, 0) is 4.79 Å². The molecule has 1 aromatic carbocycles. The summed E-state index contributed by atoms with van der Waals surface area (Å²) in [4.78, 5) is 10.7. The lowest BCUT2D eigenvalue weighted by Crippen LogP contribution is -1.99. The Kier molecular flexibility index (Phi) is 3.07. The lowest BCUT2D eigenvalue weighted by Gasteiger charge is -2.05. The van der Waals surface area contributed by atoms with Gasteiger partial charge in [0.2, 0.25) is 0 Å².